The Labute approximate surface area is 109 Å². The fourth-order valence-corrected chi connectivity index (χ4v) is 2.05. The molecule has 2 N–H and O–H groups in total. The highest BCUT2D eigenvalue weighted by Crippen LogP contribution is 2.26. The zero-order valence-corrected chi connectivity index (χ0v) is 10.9. The van der Waals surface area contributed by atoms with Gasteiger partial charge in [-0.1, -0.05) is 22.0 Å². The van der Waals surface area contributed by atoms with Crippen molar-refractivity contribution in [1.29, 1.82) is 0 Å². The van der Waals surface area contributed by atoms with Gasteiger partial charge in [-0.15, -0.1) is 0 Å². The molecule has 0 aliphatic rings. The number of hydrogen-bond acceptors (Lipinski definition) is 3. The van der Waals surface area contributed by atoms with Crippen LogP contribution >= 0.6 is 15.9 Å². The van der Waals surface area contributed by atoms with E-state index in [9.17, 15) is 0 Å². The average molecular weight is 293 g/mol. The highest BCUT2D eigenvalue weighted by Gasteiger charge is 2.02. The van der Waals surface area contributed by atoms with E-state index in [-0.39, 0.29) is 0 Å². The first-order valence-corrected chi connectivity index (χ1v) is 6.15. The molecule has 0 unspecified atom stereocenters. The van der Waals surface area contributed by atoms with Gasteiger partial charge in [0.05, 0.1) is 6.20 Å². The lowest BCUT2D eigenvalue weighted by Gasteiger charge is -2.08. The molecule has 0 saturated carbocycles. The van der Waals surface area contributed by atoms with Crippen LogP contribution in [0.25, 0.3) is 0 Å². The summed E-state index contributed by atoms with van der Waals surface area (Å²) in [6.07, 6.45) is 4.25. The summed E-state index contributed by atoms with van der Waals surface area (Å²) in [7, 11) is 0. The van der Waals surface area contributed by atoms with Gasteiger partial charge >= 0.3 is 0 Å². The van der Waals surface area contributed by atoms with Gasteiger partial charge in [0.25, 0.3) is 0 Å². The second kappa shape index (κ2) is 5.80. The van der Waals surface area contributed by atoms with E-state index in [0.717, 1.165) is 22.4 Å². The van der Waals surface area contributed by atoms with Crippen LogP contribution in [0.5, 0.6) is 11.5 Å². The maximum Gasteiger partial charge on any atom is 0.145 e. The van der Waals surface area contributed by atoms with E-state index in [2.05, 4.69) is 20.9 Å². The third-order valence-electron chi connectivity index (χ3n) is 2.31. The summed E-state index contributed by atoms with van der Waals surface area (Å²) in [5.74, 6) is 1.51. The molecule has 1 aromatic carbocycles. The van der Waals surface area contributed by atoms with Crippen molar-refractivity contribution >= 4 is 15.9 Å². The van der Waals surface area contributed by atoms with Crippen molar-refractivity contribution in [2.45, 2.75) is 6.42 Å². The van der Waals surface area contributed by atoms with Crippen molar-refractivity contribution in [3.63, 3.8) is 0 Å². The highest BCUT2D eigenvalue weighted by molar-refractivity contribution is 9.10. The van der Waals surface area contributed by atoms with Crippen LogP contribution in [0.15, 0.2) is 47.2 Å². The van der Waals surface area contributed by atoms with Crippen molar-refractivity contribution in [3.8, 4) is 11.5 Å². The minimum atomic E-state index is 0.640. The molecule has 0 atom stereocenters. The van der Waals surface area contributed by atoms with Crippen LogP contribution < -0.4 is 10.5 Å². The zero-order chi connectivity index (χ0) is 12.1. The van der Waals surface area contributed by atoms with Crippen LogP contribution in [0.3, 0.4) is 0 Å². The molecule has 1 heterocycles. The molecule has 0 bridgehead atoms. The standard InChI is InChI=1S/C13H13BrN2O/c14-13-8-11(4-3-10(13)5-6-15)17-12-2-1-7-16-9-12/h1-4,7-9H,5-6,15H2. The molecular weight excluding hydrogens is 280 g/mol. The van der Waals surface area contributed by atoms with E-state index in [1.54, 1.807) is 12.4 Å². The Morgan fingerprint density at radius 2 is 2.12 bits per heavy atom. The lowest BCUT2D eigenvalue weighted by Crippen LogP contribution is -2.03. The normalized spacial score (nSPS) is 10.2. The quantitative estimate of drug-likeness (QED) is 0.942. The van der Waals surface area contributed by atoms with Crippen molar-refractivity contribution in [1.82, 2.24) is 4.98 Å². The smallest absolute Gasteiger partial charge is 0.145 e. The lowest BCUT2D eigenvalue weighted by atomic mass is 10.1. The highest BCUT2D eigenvalue weighted by atomic mass is 79.9. The van der Waals surface area contributed by atoms with E-state index >= 15 is 0 Å². The minimum absolute atomic E-state index is 0.640. The van der Waals surface area contributed by atoms with Gasteiger partial charge in [0.15, 0.2) is 0 Å². The van der Waals surface area contributed by atoms with Crippen molar-refractivity contribution in [2.75, 3.05) is 6.54 Å². The summed E-state index contributed by atoms with van der Waals surface area (Å²) in [6.45, 7) is 0.640. The summed E-state index contributed by atoms with van der Waals surface area (Å²) >= 11 is 3.51. The van der Waals surface area contributed by atoms with Gasteiger partial charge in [0.2, 0.25) is 0 Å². The molecule has 0 amide bonds. The molecule has 88 valence electrons. The van der Waals surface area contributed by atoms with Gasteiger partial charge in [-0.2, -0.15) is 0 Å². The average Bonchev–Trinajstić information content (AvgIpc) is 2.34. The van der Waals surface area contributed by atoms with Gasteiger partial charge in [0.1, 0.15) is 11.5 Å². The van der Waals surface area contributed by atoms with Gasteiger partial charge in [-0.3, -0.25) is 4.98 Å². The molecule has 1 aromatic heterocycles. The molecule has 0 fully saturated rings. The summed E-state index contributed by atoms with van der Waals surface area (Å²) < 4.78 is 6.69. The number of rotatable bonds is 4. The monoisotopic (exact) mass is 292 g/mol. The number of nitrogens with two attached hydrogens (primary N) is 1. The predicted octanol–water partition coefficient (Wildman–Crippen LogP) is 3.14. The van der Waals surface area contributed by atoms with Crippen LogP contribution in [0.2, 0.25) is 0 Å². The molecule has 4 heteroatoms. The second-order valence-electron chi connectivity index (χ2n) is 3.58. The zero-order valence-electron chi connectivity index (χ0n) is 9.27. The minimum Gasteiger partial charge on any atom is -0.456 e. The second-order valence-corrected chi connectivity index (χ2v) is 4.44. The Balaban J connectivity index is 2.15. The van der Waals surface area contributed by atoms with Crippen molar-refractivity contribution in [2.24, 2.45) is 5.73 Å². The number of pyridine rings is 1. The van der Waals surface area contributed by atoms with Crippen LogP contribution in [-0.2, 0) is 6.42 Å². The number of nitrogens with zero attached hydrogens (tertiary/aromatic N) is 1. The molecule has 0 aliphatic carbocycles. The molecule has 0 aliphatic heterocycles. The number of hydrogen-bond donors (Lipinski definition) is 1. The van der Waals surface area contributed by atoms with E-state index in [1.807, 2.05) is 30.3 Å². The van der Waals surface area contributed by atoms with Crippen molar-refractivity contribution in [3.05, 3.63) is 52.8 Å². The molecule has 0 saturated heterocycles. The van der Waals surface area contributed by atoms with E-state index in [0.29, 0.717) is 6.54 Å². The Hall–Kier alpha value is -1.39. The molecule has 17 heavy (non-hydrogen) atoms. The Kier molecular flexibility index (Phi) is 4.12. The SMILES string of the molecule is NCCc1ccc(Oc2cccnc2)cc1Br. The first-order valence-electron chi connectivity index (χ1n) is 5.36. The van der Waals surface area contributed by atoms with E-state index in [1.165, 1.54) is 5.56 Å². The number of benzene rings is 1. The summed E-state index contributed by atoms with van der Waals surface area (Å²) in [4.78, 5) is 4.00. The largest absolute Gasteiger partial charge is 0.456 e. The van der Waals surface area contributed by atoms with Crippen LogP contribution in [-0.4, -0.2) is 11.5 Å². The molecule has 2 rings (SSSR count). The molecule has 2 aromatic rings. The Morgan fingerprint density at radius 3 is 2.76 bits per heavy atom. The van der Waals surface area contributed by atoms with E-state index in [4.69, 9.17) is 10.5 Å². The van der Waals surface area contributed by atoms with Crippen LogP contribution in [0.4, 0.5) is 0 Å². The molecule has 0 spiro atoms. The topological polar surface area (TPSA) is 48.1 Å². The summed E-state index contributed by atoms with van der Waals surface area (Å²) in [6, 6.07) is 9.60. The number of aromatic nitrogens is 1. The maximum absolute atomic E-state index is 5.67. The fourth-order valence-electron chi connectivity index (χ4n) is 1.49. The molecule has 3 nitrogen and oxygen atoms in total. The van der Waals surface area contributed by atoms with Gasteiger partial charge < -0.3 is 10.5 Å². The maximum atomic E-state index is 5.67. The Bertz CT molecular complexity index is 488. The van der Waals surface area contributed by atoms with Crippen LogP contribution in [0, 0.1) is 0 Å². The summed E-state index contributed by atoms with van der Waals surface area (Å²) in [5, 5.41) is 0. The number of halogens is 1. The van der Waals surface area contributed by atoms with Gasteiger partial charge in [0, 0.05) is 10.7 Å². The van der Waals surface area contributed by atoms with E-state index < -0.39 is 0 Å². The third kappa shape index (κ3) is 3.28. The molecule has 0 radical (unpaired) electrons. The predicted molar refractivity (Wildman–Crippen MR) is 71.2 cm³/mol. The van der Waals surface area contributed by atoms with Crippen molar-refractivity contribution < 1.29 is 4.74 Å². The lowest BCUT2D eigenvalue weighted by molar-refractivity contribution is 0.479. The fraction of sp³-hybridized carbons (Fsp3) is 0.154. The first-order chi connectivity index (χ1) is 8.29. The Morgan fingerprint density at radius 1 is 1.24 bits per heavy atom. The third-order valence-corrected chi connectivity index (χ3v) is 3.05. The molecular formula is C13H13BrN2O. The van der Waals surface area contributed by atoms with Gasteiger partial charge in [-0.25, -0.2) is 0 Å². The summed E-state index contributed by atoms with van der Waals surface area (Å²) in [5.41, 5.74) is 6.72. The van der Waals surface area contributed by atoms with Crippen LogP contribution in [0.1, 0.15) is 5.56 Å². The number of ether oxygens (including phenoxy) is 1. The van der Waals surface area contributed by atoms with Gasteiger partial charge in [-0.05, 0) is 42.8 Å². The first kappa shape index (κ1) is 12.1.